The molecule has 0 aliphatic rings. The minimum Gasteiger partial charge on any atom is -0.359 e. The van der Waals surface area contributed by atoms with Crippen molar-refractivity contribution < 1.29 is 0 Å². The average Bonchev–Trinajstić information content (AvgIpc) is 2.49. The molecular weight excluding hydrogens is 146 g/mol. The SMILES string of the molecule is C/C=c1/cc(C)[nH]/c1=C/C.CC. The van der Waals surface area contributed by atoms with E-state index in [1.807, 2.05) is 20.8 Å². The Morgan fingerprint density at radius 3 is 2.08 bits per heavy atom. The number of nitrogens with one attached hydrogen (secondary N) is 1. The minimum atomic E-state index is 1.22. The van der Waals surface area contributed by atoms with E-state index in [1.165, 1.54) is 16.3 Å². The maximum Gasteiger partial charge on any atom is 0.0409 e. The molecule has 0 atom stereocenters. The van der Waals surface area contributed by atoms with Gasteiger partial charge in [0, 0.05) is 11.0 Å². The predicted octanol–water partition coefficient (Wildman–Crippen LogP) is 1.95. The molecule has 0 saturated heterocycles. The molecule has 0 spiro atoms. The van der Waals surface area contributed by atoms with Gasteiger partial charge in [-0.1, -0.05) is 26.0 Å². The summed E-state index contributed by atoms with van der Waals surface area (Å²) in [7, 11) is 0. The molecule has 1 rings (SSSR count). The molecule has 0 bridgehead atoms. The molecule has 0 aliphatic heterocycles. The summed E-state index contributed by atoms with van der Waals surface area (Å²) in [5.74, 6) is 0. The highest BCUT2D eigenvalue weighted by molar-refractivity contribution is 5.27. The number of H-pyrrole nitrogens is 1. The fourth-order valence-electron chi connectivity index (χ4n) is 1.11. The van der Waals surface area contributed by atoms with Crippen molar-refractivity contribution in [3.05, 3.63) is 22.3 Å². The molecule has 0 aromatic carbocycles. The fourth-order valence-corrected chi connectivity index (χ4v) is 1.11. The van der Waals surface area contributed by atoms with Crippen molar-refractivity contribution in [1.29, 1.82) is 0 Å². The summed E-state index contributed by atoms with van der Waals surface area (Å²) in [5, 5.41) is 2.51. The van der Waals surface area contributed by atoms with Crippen LogP contribution in [0.4, 0.5) is 0 Å². The van der Waals surface area contributed by atoms with E-state index in [0.29, 0.717) is 0 Å². The summed E-state index contributed by atoms with van der Waals surface area (Å²) in [5.41, 5.74) is 1.22. The molecule has 0 aliphatic carbocycles. The zero-order valence-electron chi connectivity index (χ0n) is 8.73. The topological polar surface area (TPSA) is 15.8 Å². The van der Waals surface area contributed by atoms with Crippen molar-refractivity contribution in [2.45, 2.75) is 34.6 Å². The Morgan fingerprint density at radius 2 is 1.75 bits per heavy atom. The first-order valence-corrected chi connectivity index (χ1v) is 4.56. The summed E-state index contributed by atoms with van der Waals surface area (Å²) in [6, 6.07) is 2.15. The third-order valence-corrected chi connectivity index (χ3v) is 1.61. The lowest BCUT2D eigenvalue weighted by Crippen LogP contribution is -2.20. The van der Waals surface area contributed by atoms with E-state index in [0.717, 1.165) is 0 Å². The third kappa shape index (κ3) is 2.57. The molecule has 1 aromatic rings. The number of hydrogen-bond acceptors (Lipinski definition) is 0. The van der Waals surface area contributed by atoms with Gasteiger partial charge in [0.15, 0.2) is 0 Å². The van der Waals surface area contributed by atoms with Gasteiger partial charge in [-0.3, -0.25) is 0 Å². The second-order valence-corrected chi connectivity index (χ2v) is 2.40. The largest absolute Gasteiger partial charge is 0.359 e. The number of aromatic nitrogens is 1. The van der Waals surface area contributed by atoms with Gasteiger partial charge in [0.1, 0.15) is 0 Å². The second kappa shape index (κ2) is 5.64. The van der Waals surface area contributed by atoms with E-state index in [9.17, 15) is 0 Å². The zero-order valence-corrected chi connectivity index (χ0v) is 8.73. The van der Waals surface area contributed by atoms with Crippen LogP contribution in [0.3, 0.4) is 0 Å². The molecule has 1 N–H and O–H groups in total. The van der Waals surface area contributed by atoms with Crippen LogP contribution < -0.4 is 10.6 Å². The zero-order chi connectivity index (χ0) is 9.56. The summed E-state index contributed by atoms with van der Waals surface area (Å²) in [6.45, 7) is 10.2. The highest BCUT2D eigenvalue weighted by Crippen LogP contribution is 1.78. The van der Waals surface area contributed by atoms with Crippen LogP contribution in [-0.2, 0) is 0 Å². The van der Waals surface area contributed by atoms with Crippen molar-refractivity contribution in [3.63, 3.8) is 0 Å². The number of hydrogen-bond donors (Lipinski definition) is 1. The molecule has 1 nitrogen and oxygen atoms in total. The van der Waals surface area contributed by atoms with Crippen LogP contribution >= 0.6 is 0 Å². The van der Waals surface area contributed by atoms with Gasteiger partial charge in [0.05, 0.1) is 0 Å². The molecule has 0 fully saturated rings. The molecule has 1 aromatic heterocycles. The molecule has 12 heavy (non-hydrogen) atoms. The second-order valence-electron chi connectivity index (χ2n) is 2.40. The van der Waals surface area contributed by atoms with Gasteiger partial charge in [-0.2, -0.15) is 0 Å². The van der Waals surface area contributed by atoms with Gasteiger partial charge >= 0.3 is 0 Å². The van der Waals surface area contributed by atoms with Crippen LogP contribution in [-0.4, -0.2) is 4.98 Å². The van der Waals surface area contributed by atoms with Crippen LogP contribution in [0.1, 0.15) is 33.4 Å². The molecule has 1 heteroatoms. The van der Waals surface area contributed by atoms with Gasteiger partial charge in [-0.05, 0) is 32.1 Å². The highest BCUT2D eigenvalue weighted by atomic mass is 14.7. The lowest BCUT2D eigenvalue weighted by molar-refractivity contribution is 1.21. The number of rotatable bonds is 0. The van der Waals surface area contributed by atoms with Gasteiger partial charge in [0.2, 0.25) is 0 Å². The van der Waals surface area contributed by atoms with Crippen LogP contribution in [0.2, 0.25) is 0 Å². The Balaban J connectivity index is 0.000000561. The molecule has 1 heterocycles. The first-order valence-electron chi connectivity index (χ1n) is 4.56. The van der Waals surface area contributed by atoms with Gasteiger partial charge in [-0.25, -0.2) is 0 Å². The summed E-state index contributed by atoms with van der Waals surface area (Å²) >= 11 is 0. The normalized spacial score (nSPS) is 12.8. The highest BCUT2D eigenvalue weighted by Gasteiger charge is 1.86. The number of aromatic amines is 1. The maximum absolute atomic E-state index is 3.26. The van der Waals surface area contributed by atoms with Gasteiger partial charge < -0.3 is 4.98 Å². The predicted molar refractivity (Wildman–Crippen MR) is 56.4 cm³/mol. The molecule has 0 amide bonds. The van der Waals surface area contributed by atoms with Crippen molar-refractivity contribution in [2.75, 3.05) is 0 Å². The van der Waals surface area contributed by atoms with Crippen LogP contribution in [0.15, 0.2) is 6.07 Å². The van der Waals surface area contributed by atoms with Gasteiger partial charge in [-0.15, -0.1) is 0 Å². The average molecular weight is 165 g/mol. The van der Waals surface area contributed by atoms with Gasteiger partial charge in [0.25, 0.3) is 0 Å². The smallest absolute Gasteiger partial charge is 0.0409 e. The summed E-state index contributed by atoms with van der Waals surface area (Å²) in [6.07, 6.45) is 4.20. The Labute approximate surface area is 74.8 Å². The molecule has 0 saturated carbocycles. The summed E-state index contributed by atoms with van der Waals surface area (Å²) < 4.78 is 0. The maximum atomic E-state index is 3.26. The van der Waals surface area contributed by atoms with E-state index >= 15 is 0 Å². The summed E-state index contributed by atoms with van der Waals surface area (Å²) in [4.78, 5) is 3.26. The van der Waals surface area contributed by atoms with Crippen LogP contribution in [0, 0.1) is 6.92 Å². The Bertz CT molecular complexity index is 286. The first-order chi connectivity index (χ1) is 5.77. The third-order valence-electron chi connectivity index (χ3n) is 1.61. The van der Waals surface area contributed by atoms with E-state index in [4.69, 9.17) is 0 Å². The first kappa shape index (κ1) is 11.0. The van der Waals surface area contributed by atoms with Crippen molar-refractivity contribution >= 4 is 12.2 Å². The number of aryl methyl sites for hydroxylation is 1. The molecule has 0 radical (unpaired) electrons. The van der Waals surface area contributed by atoms with Crippen molar-refractivity contribution in [1.82, 2.24) is 4.98 Å². The van der Waals surface area contributed by atoms with E-state index in [1.54, 1.807) is 0 Å². The molecule has 68 valence electrons. The lowest BCUT2D eigenvalue weighted by atomic mass is 10.3. The Hall–Kier alpha value is -0.980. The minimum absolute atomic E-state index is 1.22. The van der Waals surface area contributed by atoms with Crippen molar-refractivity contribution in [3.8, 4) is 0 Å². The van der Waals surface area contributed by atoms with Crippen molar-refractivity contribution in [2.24, 2.45) is 0 Å². The van der Waals surface area contributed by atoms with E-state index in [-0.39, 0.29) is 0 Å². The molecule has 0 unspecified atom stereocenters. The monoisotopic (exact) mass is 165 g/mol. The molecular formula is C11H19N. The van der Waals surface area contributed by atoms with E-state index < -0.39 is 0 Å². The lowest BCUT2D eigenvalue weighted by Gasteiger charge is -1.75. The Morgan fingerprint density at radius 1 is 1.17 bits per heavy atom. The Kier molecular flexibility index (Phi) is 5.18. The van der Waals surface area contributed by atoms with Crippen LogP contribution in [0.5, 0.6) is 0 Å². The van der Waals surface area contributed by atoms with Crippen LogP contribution in [0.25, 0.3) is 12.2 Å². The van der Waals surface area contributed by atoms with E-state index in [2.05, 4.69) is 37.0 Å². The fraction of sp³-hybridized carbons (Fsp3) is 0.455. The quantitative estimate of drug-likeness (QED) is 0.605. The standard InChI is InChI=1S/C9H13N.C2H6/c1-4-8-6-7(3)10-9(8)5-2;1-2/h4-6,10H,1-3H3;1-2H3/b8-4-,9-5+;.